The predicted molar refractivity (Wildman–Crippen MR) is 117 cm³/mol. The van der Waals surface area contributed by atoms with E-state index in [1.807, 2.05) is 0 Å². The van der Waals surface area contributed by atoms with Gasteiger partial charge in [-0.3, -0.25) is 4.79 Å². The van der Waals surface area contributed by atoms with E-state index >= 15 is 0 Å². The molecule has 0 amide bonds. The van der Waals surface area contributed by atoms with Crippen molar-refractivity contribution in [2.45, 2.75) is 25.7 Å². The number of nitrogens with one attached hydrogen (secondary N) is 1. The van der Waals surface area contributed by atoms with Gasteiger partial charge in [-0.25, -0.2) is 0 Å². The molecular formula is C25H30N2O2. The lowest BCUT2D eigenvalue weighted by Gasteiger charge is -2.26. The lowest BCUT2D eigenvalue weighted by molar-refractivity contribution is -0.139. The Kier molecular flexibility index (Phi) is 6.43. The minimum absolute atomic E-state index is 0.191. The average Bonchev–Trinajstić information content (AvgIpc) is 2.91. The van der Waals surface area contributed by atoms with Crippen LogP contribution in [0.4, 0.5) is 0 Å². The maximum absolute atomic E-state index is 11.8. The van der Waals surface area contributed by atoms with E-state index in [0.717, 1.165) is 57.5 Å². The predicted octanol–water partition coefficient (Wildman–Crippen LogP) is 3.23. The molecule has 1 N–H and O–H groups in total. The van der Waals surface area contributed by atoms with Crippen molar-refractivity contribution in [2.75, 3.05) is 39.8 Å². The molecule has 4 heteroatoms. The summed E-state index contributed by atoms with van der Waals surface area (Å²) in [7, 11) is 1.45. The van der Waals surface area contributed by atoms with Crippen LogP contribution in [0.25, 0.3) is 5.57 Å². The second kappa shape index (κ2) is 9.38. The minimum atomic E-state index is -0.191. The van der Waals surface area contributed by atoms with Crippen LogP contribution in [-0.2, 0) is 28.8 Å². The number of piperazine rings is 1. The minimum Gasteiger partial charge on any atom is -0.469 e. The van der Waals surface area contributed by atoms with Crippen LogP contribution < -0.4 is 5.32 Å². The first-order valence-corrected chi connectivity index (χ1v) is 10.6. The van der Waals surface area contributed by atoms with Gasteiger partial charge in [-0.05, 0) is 52.7 Å². The maximum atomic E-state index is 11.8. The lowest BCUT2D eigenvalue weighted by Crippen LogP contribution is -2.43. The molecule has 1 aliphatic carbocycles. The summed E-state index contributed by atoms with van der Waals surface area (Å²) in [6.45, 7) is 5.50. The quantitative estimate of drug-likeness (QED) is 0.796. The zero-order valence-corrected chi connectivity index (χ0v) is 17.2. The molecule has 152 valence electrons. The van der Waals surface area contributed by atoms with E-state index in [9.17, 15) is 4.79 Å². The Labute approximate surface area is 173 Å². The highest BCUT2D eigenvalue weighted by Gasteiger charge is 2.19. The van der Waals surface area contributed by atoms with Gasteiger partial charge in [0.2, 0.25) is 0 Å². The Morgan fingerprint density at radius 1 is 1.07 bits per heavy atom. The molecule has 0 aromatic heterocycles. The Hall–Kier alpha value is -2.43. The highest BCUT2D eigenvalue weighted by molar-refractivity contribution is 5.84. The number of ether oxygens (including phenoxy) is 1. The monoisotopic (exact) mass is 390 g/mol. The number of aryl methyl sites for hydroxylation is 2. The van der Waals surface area contributed by atoms with E-state index in [-0.39, 0.29) is 5.97 Å². The summed E-state index contributed by atoms with van der Waals surface area (Å²) in [5, 5.41) is 3.42. The third kappa shape index (κ3) is 4.77. The van der Waals surface area contributed by atoms with Gasteiger partial charge in [0.25, 0.3) is 0 Å². The number of methoxy groups -OCH3 is 1. The summed E-state index contributed by atoms with van der Waals surface area (Å²) >= 11 is 0. The third-order valence-corrected chi connectivity index (χ3v) is 6.02. The molecule has 1 heterocycles. The van der Waals surface area contributed by atoms with Crippen molar-refractivity contribution < 1.29 is 9.53 Å². The van der Waals surface area contributed by atoms with Crippen molar-refractivity contribution in [3.63, 3.8) is 0 Å². The molecule has 1 aliphatic heterocycles. The highest BCUT2D eigenvalue weighted by atomic mass is 16.5. The normalized spacial score (nSPS) is 18.0. The fourth-order valence-corrected chi connectivity index (χ4v) is 4.40. The summed E-state index contributed by atoms with van der Waals surface area (Å²) in [6, 6.07) is 15.2. The van der Waals surface area contributed by atoms with Crippen LogP contribution in [0, 0.1) is 0 Å². The van der Waals surface area contributed by atoms with Crippen LogP contribution in [0.5, 0.6) is 0 Å². The fourth-order valence-electron chi connectivity index (χ4n) is 4.40. The molecule has 0 saturated carbocycles. The summed E-state index contributed by atoms with van der Waals surface area (Å²) in [5.41, 5.74) is 7.71. The Balaban J connectivity index is 1.66. The number of benzene rings is 2. The summed E-state index contributed by atoms with van der Waals surface area (Å²) < 4.78 is 4.87. The van der Waals surface area contributed by atoms with Crippen molar-refractivity contribution in [1.82, 2.24) is 10.2 Å². The molecule has 2 aliphatic rings. The van der Waals surface area contributed by atoms with Crippen LogP contribution in [-0.4, -0.2) is 50.7 Å². The number of fused-ring (bicyclic) bond motifs is 2. The standard InChI is InChI=1S/C25H30N2O2/c1-29-25(28)18-19-8-9-21-11-10-20-5-2-3-6-22(20)23(24(21)17-19)7-4-14-27-15-12-26-13-16-27/h2-3,5-9,17,26H,4,10-16,18H2,1H3. The Morgan fingerprint density at radius 3 is 2.62 bits per heavy atom. The van der Waals surface area contributed by atoms with Crippen LogP contribution >= 0.6 is 0 Å². The van der Waals surface area contributed by atoms with Gasteiger partial charge in [-0.15, -0.1) is 0 Å². The van der Waals surface area contributed by atoms with Crippen LogP contribution in [0.3, 0.4) is 0 Å². The zero-order chi connectivity index (χ0) is 20.1. The Morgan fingerprint density at radius 2 is 1.83 bits per heavy atom. The second-order valence-corrected chi connectivity index (χ2v) is 7.90. The molecule has 0 atom stereocenters. The molecule has 0 bridgehead atoms. The molecule has 0 spiro atoms. The largest absolute Gasteiger partial charge is 0.469 e. The fraction of sp³-hybridized carbons (Fsp3) is 0.400. The van der Waals surface area contributed by atoms with E-state index in [2.05, 4.69) is 58.8 Å². The van der Waals surface area contributed by atoms with E-state index in [1.165, 1.54) is 34.9 Å². The van der Waals surface area contributed by atoms with Crippen molar-refractivity contribution in [1.29, 1.82) is 0 Å². The number of nitrogens with zero attached hydrogens (tertiary/aromatic N) is 1. The van der Waals surface area contributed by atoms with Crippen LogP contribution in [0.1, 0.15) is 34.2 Å². The number of rotatable bonds is 5. The number of hydrogen-bond acceptors (Lipinski definition) is 4. The SMILES string of the molecule is COC(=O)Cc1ccc2c(c1)C(=CCCN1CCNCC1)c1ccccc1CC2. The zero-order valence-electron chi connectivity index (χ0n) is 17.2. The van der Waals surface area contributed by atoms with Crippen LogP contribution in [0.2, 0.25) is 0 Å². The second-order valence-electron chi connectivity index (χ2n) is 7.90. The van der Waals surface area contributed by atoms with Gasteiger partial charge < -0.3 is 15.0 Å². The Bertz CT molecular complexity index is 897. The number of carbonyl (C=O) groups is 1. The van der Waals surface area contributed by atoms with E-state index < -0.39 is 0 Å². The molecule has 1 saturated heterocycles. The number of esters is 1. The lowest BCUT2D eigenvalue weighted by atomic mass is 9.91. The highest BCUT2D eigenvalue weighted by Crippen LogP contribution is 2.34. The molecule has 2 aromatic carbocycles. The van der Waals surface area contributed by atoms with Crippen molar-refractivity contribution in [2.24, 2.45) is 0 Å². The number of hydrogen-bond donors (Lipinski definition) is 1. The molecule has 0 radical (unpaired) electrons. The number of carbonyl (C=O) groups excluding carboxylic acids is 1. The van der Waals surface area contributed by atoms with E-state index in [0.29, 0.717) is 6.42 Å². The van der Waals surface area contributed by atoms with Gasteiger partial charge in [0.15, 0.2) is 0 Å². The maximum Gasteiger partial charge on any atom is 0.309 e. The first-order chi connectivity index (χ1) is 14.2. The summed E-state index contributed by atoms with van der Waals surface area (Å²) in [5.74, 6) is -0.191. The average molecular weight is 391 g/mol. The van der Waals surface area contributed by atoms with Crippen LogP contribution in [0.15, 0.2) is 48.5 Å². The van der Waals surface area contributed by atoms with Crippen molar-refractivity contribution in [3.8, 4) is 0 Å². The van der Waals surface area contributed by atoms with Gasteiger partial charge in [0.05, 0.1) is 13.5 Å². The molecule has 2 aromatic rings. The smallest absolute Gasteiger partial charge is 0.309 e. The van der Waals surface area contributed by atoms with Gasteiger partial charge >= 0.3 is 5.97 Å². The molecular weight excluding hydrogens is 360 g/mol. The molecule has 4 nitrogen and oxygen atoms in total. The van der Waals surface area contributed by atoms with Crippen molar-refractivity contribution >= 4 is 11.5 Å². The van der Waals surface area contributed by atoms with Gasteiger partial charge in [0, 0.05) is 32.7 Å². The van der Waals surface area contributed by atoms with E-state index in [4.69, 9.17) is 4.74 Å². The molecule has 29 heavy (non-hydrogen) atoms. The molecule has 1 fully saturated rings. The van der Waals surface area contributed by atoms with Gasteiger partial charge in [-0.1, -0.05) is 48.5 Å². The van der Waals surface area contributed by atoms with E-state index in [1.54, 1.807) is 0 Å². The summed E-state index contributed by atoms with van der Waals surface area (Å²) in [6.07, 6.45) is 5.84. The molecule has 4 rings (SSSR count). The van der Waals surface area contributed by atoms with Gasteiger partial charge in [0.1, 0.15) is 0 Å². The summed E-state index contributed by atoms with van der Waals surface area (Å²) in [4.78, 5) is 14.3. The topological polar surface area (TPSA) is 41.6 Å². The first kappa shape index (κ1) is 19.9. The first-order valence-electron chi connectivity index (χ1n) is 10.6. The van der Waals surface area contributed by atoms with Crippen molar-refractivity contribution in [3.05, 3.63) is 76.4 Å². The molecule has 0 unspecified atom stereocenters. The van der Waals surface area contributed by atoms with Gasteiger partial charge in [-0.2, -0.15) is 0 Å². The third-order valence-electron chi connectivity index (χ3n) is 6.02.